The SMILES string of the molecule is CC[C@@H](O)c1ccccc1N1CCCC1CN(C)C. The van der Waals surface area contributed by atoms with Crippen molar-refractivity contribution in [3.8, 4) is 0 Å². The smallest absolute Gasteiger partial charge is 0.0807 e. The lowest BCUT2D eigenvalue weighted by Gasteiger charge is -2.31. The lowest BCUT2D eigenvalue weighted by Crippen LogP contribution is -2.38. The summed E-state index contributed by atoms with van der Waals surface area (Å²) in [6.45, 7) is 4.21. The lowest BCUT2D eigenvalue weighted by atomic mass is 10.0. The Hall–Kier alpha value is -1.06. The number of likely N-dealkylation sites (N-methyl/N-ethyl adjacent to an activating group) is 1. The number of benzene rings is 1. The summed E-state index contributed by atoms with van der Waals surface area (Å²) in [5.74, 6) is 0. The highest BCUT2D eigenvalue weighted by atomic mass is 16.3. The molecule has 0 radical (unpaired) electrons. The van der Waals surface area contributed by atoms with Crippen LogP contribution in [0.25, 0.3) is 0 Å². The first-order valence-corrected chi connectivity index (χ1v) is 7.31. The molecule has 0 bridgehead atoms. The van der Waals surface area contributed by atoms with E-state index in [-0.39, 0.29) is 6.10 Å². The zero-order valence-corrected chi connectivity index (χ0v) is 12.3. The summed E-state index contributed by atoms with van der Waals surface area (Å²) < 4.78 is 0. The first kappa shape index (κ1) is 14.4. The van der Waals surface area contributed by atoms with Crippen molar-refractivity contribution < 1.29 is 5.11 Å². The number of nitrogens with zero attached hydrogens (tertiary/aromatic N) is 2. The molecule has 1 aromatic rings. The van der Waals surface area contributed by atoms with Crippen molar-refractivity contribution in [2.24, 2.45) is 0 Å². The van der Waals surface area contributed by atoms with Crippen molar-refractivity contribution in [1.82, 2.24) is 4.90 Å². The maximum Gasteiger partial charge on any atom is 0.0807 e. The van der Waals surface area contributed by atoms with Gasteiger partial charge in [0.15, 0.2) is 0 Å². The molecule has 0 spiro atoms. The number of aliphatic hydroxyl groups is 1. The van der Waals surface area contributed by atoms with Gasteiger partial charge in [-0.25, -0.2) is 0 Å². The van der Waals surface area contributed by atoms with Gasteiger partial charge in [-0.1, -0.05) is 25.1 Å². The van der Waals surface area contributed by atoms with E-state index in [9.17, 15) is 5.11 Å². The molecule has 0 saturated carbocycles. The van der Waals surface area contributed by atoms with E-state index in [4.69, 9.17) is 0 Å². The van der Waals surface area contributed by atoms with E-state index in [0.29, 0.717) is 6.04 Å². The number of hydrogen-bond acceptors (Lipinski definition) is 3. The molecule has 106 valence electrons. The van der Waals surface area contributed by atoms with Crippen LogP contribution in [-0.2, 0) is 0 Å². The summed E-state index contributed by atoms with van der Waals surface area (Å²) in [7, 11) is 4.26. The number of anilines is 1. The predicted octanol–water partition coefficient (Wildman–Crippen LogP) is 2.66. The molecule has 1 N–H and O–H groups in total. The Bertz CT molecular complexity index is 405. The highest BCUT2D eigenvalue weighted by Gasteiger charge is 2.27. The van der Waals surface area contributed by atoms with Crippen molar-refractivity contribution in [3.05, 3.63) is 29.8 Å². The van der Waals surface area contributed by atoms with E-state index in [1.807, 2.05) is 13.0 Å². The second-order valence-corrected chi connectivity index (χ2v) is 5.73. The molecule has 1 saturated heterocycles. The molecule has 1 fully saturated rings. The van der Waals surface area contributed by atoms with E-state index >= 15 is 0 Å². The second-order valence-electron chi connectivity index (χ2n) is 5.73. The number of hydrogen-bond donors (Lipinski definition) is 1. The highest BCUT2D eigenvalue weighted by molar-refractivity contribution is 5.56. The van der Waals surface area contributed by atoms with Crippen molar-refractivity contribution in [3.63, 3.8) is 0 Å². The Balaban J connectivity index is 2.25. The fourth-order valence-electron chi connectivity index (χ4n) is 3.01. The van der Waals surface area contributed by atoms with Crippen LogP contribution in [0.3, 0.4) is 0 Å². The molecule has 0 amide bonds. The average Bonchev–Trinajstić information content (AvgIpc) is 2.85. The third-order valence-corrected chi connectivity index (χ3v) is 3.94. The Morgan fingerprint density at radius 3 is 2.79 bits per heavy atom. The van der Waals surface area contributed by atoms with E-state index in [1.165, 1.54) is 18.5 Å². The molecular weight excluding hydrogens is 236 g/mol. The third kappa shape index (κ3) is 3.28. The van der Waals surface area contributed by atoms with Gasteiger partial charge in [-0.3, -0.25) is 0 Å². The zero-order valence-electron chi connectivity index (χ0n) is 12.3. The predicted molar refractivity (Wildman–Crippen MR) is 80.6 cm³/mol. The summed E-state index contributed by atoms with van der Waals surface area (Å²) in [6.07, 6.45) is 2.91. The van der Waals surface area contributed by atoms with Crippen LogP contribution in [0.15, 0.2) is 24.3 Å². The van der Waals surface area contributed by atoms with Crippen LogP contribution in [0.4, 0.5) is 5.69 Å². The summed E-state index contributed by atoms with van der Waals surface area (Å²) in [5, 5.41) is 10.2. The third-order valence-electron chi connectivity index (χ3n) is 3.94. The minimum atomic E-state index is -0.350. The van der Waals surface area contributed by atoms with Crippen molar-refractivity contribution in [2.75, 3.05) is 32.1 Å². The van der Waals surface area contributed by atoms with Crippen molar-refractivity contribution in [1.29, 1.82) is 0 Å². The topological polar surface area (TPSA) is 26.7 Å². The Morgan fingerprint density at radius 1 is 1.37 bits per heavy atom. The second kappa shape index (κ2) is 6.40. The van der Waals surface area contributed by atoms with E-state index < -0.39 is 0 Å². The quantitative estimate of drug-likeness (QED) is 0.884. The molecular formula is C16H26N2O. The van der Waals surface area contributed by atoms with Gasteiger partial charge in [0.1, 0.15) is 0 Å². The van der Waals surface area contributed by atoms with Crippen LogP contribution in [0, 0.1) is 0 Å². The molecule has 3 heteroatoms. The largest absolute Gasteiger partial charge is 0.388 e. The minimum absolute atomic E-state index is 0.350. The van der Waals surface area contributed by atoms with Gasteiger partial charge in [-0.05, 0) is 39.4 Å². The molecule has 1 heterocycles. The fraction of sp³-hybridized carbons (Fsp3) is 0.625. The zero-order chi connectivity index (χ0) is 13.8. The van der Waals surface area contributed by atoms with E-state index in [0.717, 1.165) is 25.1 Å². The van der Waals surface area contributed by atoms with Gasteiger partial charge < -0.3 is 14.9 Å². The summed E-state index contributed by atoms with van der Waals surface area (Å²) in [5.41, 5.74) is 2.30. The number of rotatable bonds is 5. The van der Waals surface area contributed by atoms with Gasteiger partial charge in [-0.2, -0.15) is 0 Å². The van der Waals surface area contributed by atoms with Crippen LogP contribution < -0.4 is 4.90 Å². The number of para-hydroxylation sites is 1. The van der Waals surface area contributed by atoms with Crippen LogP contribution in [-0.4, -0.2) is 43.2 Å². The summed E-state index contributed by atoms with van der Waals surface area (Å²) in [4.78, 5) is 4.73. The van der Waals surface area contributed by atoms with Gasteiger partial charge in [0.25, 0.3) is 0 Å². The molecule has 1 unspecified atom stereocenters. The Labute approximate surface area is 116 Å². The van der Waals surface area contributed by atoms with Gasteiger partial charge in [-0.15, -0.1) is 0 Å². The van der Waals surface area contributed by atoms with Gasteiger partial charge in [0, 0.05) is 30.4 Å². The fourth-order valence-corrected chi connectivity index (χ4v) is 3.01. The van der Waals surface area contributed by atoms with Crippen LogP contribution in [0.2, 0.25) is 0 Å². The Kier molecular flexibility index (Phi) is 4.83. The highest BCUT2D eigenvalue weighted by Crippen LogP contribution is 2.33. The maximum absolute atomic E-state index is 10.2. The molecule has 3 nitrogen and oxygen atoms in total. The standard InChI is InChI=1S/C16H26N2O/c1-4-16(19)14-9-5-6-10-15(14)18-11-7-8-13(18)12-17(2)3/h5-6,9-10,13,16,19H,4,7-8,11-12H2,1-3H3/t13?,16-/m1/s1. The molecule has 0 aliphatic carbocycles. The Morgan fingerprint density at radius 2 is 2.11 bits per heavy atom. The monoisotopic (exact) mass is 262 g/mol. The first-order chi connectivity index (χ1) is 9.13. The lowest BCUT2D eigenvalue weighted by molar-refractivity contribution is 0.174. The summed E-state index contributed by atoms with van der Waals surface area (Å²) in [6, 6.07) is 8.89. The molecule has 2 atom stereocenters. The van der Waals surface area contributed by atoms with E-state index in [2.05, 4.69) is 42.1 Å². The molecule has 0 aromatic heterocycles. The van der Waals surface area contributed by atoms with E-state index in [1.54, 1.807) is 0 Å². The van der Waals surface area contributed by atoms with Gasteiger partial charge in [0.05, 0.1) is 6.10 Å². The van der Waals surface area contributed by atoms with Crippen LogP contribution >= 0.6 is 0 Å². The average molecular weight is 262 g/mol. The van der Waals surface area contributed by atoms with Crippen molar-refractivity contribution >= 4 is 5.69 Å². The minimum Gasteiger partial charge on any atom is -0.388 e. The molecule has 2 rings (SSSR count). The maximum atomic E-state index is 10.2. The molecule has 19 heavy (non-hydrogen) atoms. The van der Waals surface area contributed by atoms with Crippen LogP contribution in [0.1, 0.15) is 37.9 Å². The summed E-state index contributed by atoms with van der Waals surface area (Å²) >= 11 is 0. The first-order valence-electron chi connectivity index (χ1n) is 7.31. The normalized spacial score (nSPS) is 21.1. The molecule has 1 aromatic carbocycles. The number of aliphatic hydroxyl groups excluding tert-OH is 1. The van der Waals surface area contributed by atoms with Crippen LogP contribution in [0.5, 0.6) is 0 Å². The van der Waals surface area contributed by atoms with Gasteiger partial charge >= 0.3 is 0 Å². The molecule has 1 aliphatic heterocycles. The molecule has 1 aliphatic rings. The van der Waals surface area contributed by atoms with Gasteiger partial charge in [0.2, 0.25) is 0 Å². The van der Waals surface area contributed by atoms with Crippen molar-refractivity contribution in [2.45, 2.75) is 38.3 Å².